The predicted molar refractivity (Wildman–Crippen MR) is 151 cm³/mol. The number of esters is 1. The molecule has 0 atom stereocenters. The molecule has 1 fully saturated rings. The molecular weight excluding hydrogens is 448 g/mol. The number of aliphatic hydroxyl groups is 1. The second-order valence-corrected chi connectivity index (χ2v) is 8.93. The van der Waals surface area contributed by atoms with Gasteiger partial charge < -0.3 is 14.6 Å². The van der Waals surface area contributed by atoms with E-state index in [4.69, 9.17) is 14.6 Å². The van der Waals surface area contributed by atoms with Crippen LogP contribution in [-0.2, 0) is 14.3 Å². The Bertz CT molecular complexity index is 894. The van der Waals surface area contributed by atoms with Gasteiger partial charge in [0, 0.05) is 5.57 Å². The van der Waals surface area contributed by atoms with Crippen LogP contribution in [0, 0.1) is 0 Å². The number of ether oxygens (including phenoxy) is 2. The van der Waals surface area contributed by atoms with Crippen LogP contribution >= 0.6 is 0 Å². The first-order valence-electron chi connectivity index (χ1n) is 13.0. The largest absolute Gasteiger partial charge is 0.516 e. The highest BCUT2D eigenvalue weighted by molar-refractivity contribution is 5.87. The van der Waals surface area contributed by atoms with Gasteiger partial charge >= 0.3 is 5.97 Å². The predicted octanol–water partition coefficient (Wildman–Crippen LogP) is 8.91. The van der Waals surface area contributed by atoms with Crippen LogP contribution < -0.4 is 0 Å². The highest BCUT2D eigenvalue weighted by Gasteiger charge is 2.35. The first kappa shape index (κ1) is 30.8. The van der Waals surface area contributed by atoms with E-state index in [1.54, 1.807) is 19.3 Å². The van der Waals surface area contributed by atoms with E-state index in [1.807, 2.05) is 54.6 Å². The lowest BCUT2D eigenvalue weighted by Crippen LogP contribution is -2.31. The minimum absolute atomic E-state index is 0.171. The molecule has 4 nitrogen and oxygen atoms in total. The highest BCUT2D eigenvalue weighted by atomic mass is 16.6. The first-order chi connectivity index (χ1) is 17.5. The molecule has 0 aromatic heterocycles. The average molecular weight is 493 g/mol. The Kier molecular flexibility index (Phi) is 16.2. The minimum Gasteiger partial charge on any atom is -0.516 e. The number of carbonyl (C=O) groups is 1. The fourth-order valence-electron chi connectivity index (χ4n) is 3.68. The van der Waals surface area contributed by atoms with Crippen molar-refractivity contribution in [1.82, 2.24) is 0 Å². The summed E-state index contributed by atoms with van der Waals surface area (Å²) < 4.78 is 10.8. The second kappa shape index (κ2) is 19.0. The number of aliphatic hydroxyl groups excluding tert-OH is 1. The van der Waals surface area contributed by atoms with Gasteiger partial charge in [-0.15, -0.1) is 0 Å². The van der Waals surface area contributed by atoms with Gasteiger partial charge in [-0.3, -0.25) is 0 Å². The zero-order valence-electron chi connectivity index (χ0n) is 22.3. The van der Waals surface area contributed by atoms with Crippen LogP contribution in [0.5, 0.6) is 0 Å². The SMILES string of the molecule is C=C(C)C(=O)OC1(CC)CCCC1.CCCCCOC=Cc1ccccc1.OC=Cc1ccccc1. The lowest BCUT2D eigenvalue weighted by Gasteiger charge is -2.27. The third kappa shape index (κ3) is 13.6. The van der Waals surface area contributed by atoms with Gasteiger partial charge in [-0.05, 0) is 68.7 Å². The number of benzene rings is 2. The summed E-state index contributed by atoms with van der Waals surface area (Å²) >= 11 is 0. The summed E-state index contributed by atoms with van der Waals surface area (Å²) in [4.78, 5) is 11.3. The topological polar surface area (TPSA) is 55.8 Å². The smallest absolute Gasteiger partial charge is 0.333 e. The Morgan fingerprint density at radius 1 is 0.944 bits per heavy atom. The van der Waals surface area contributed by atoms with E-state index in [2.05, 4.69) is 32.6 Å². The van der Waals surface area contributed by atoms with Gasteiger partial charge in [-0.2, -0.15) is 0 Å². The van der Waals surface area contributed by atoms with Gasteiger partial charge in [0.05, 0.1) is 19.1 Å². The van der Waals surface area contributed by atoms with Gasteiger partial charge in [-0.1, -0.05) is 93.9 Å². The Morgan fingerprint density at radius 3 is 1.97 bits per heavy atom. The maximum atomic E-state index is 11.3. The molecule has 0 aliphatic heterocycles. The standard InChI is InChI=1S/C13H18O.C11H18O2.C8H8O/c1-2-3-7-11-14-12-10-13-8-5-4-6-9-13;1-4-11(7-5-6-8-11)13-10(12)9(2)3;9-7-6-8-4-2-1-3-5-8/h4-6,8-10,12H,2-3,7,11H2,1H3;2,4-8H2,1,3H3;1-7,9H. The van der Waals surface area contributed by atoms with Crippen LogP contribution in [-0.4, -0.2) is 23.3 Å². The first-order valence-corrected chi connectivity index (χ1v) is 13.0. The number of hydrogen-bond acceptors (Lipinski definition) is 4. The van der Waals surface area contributed by atoms with Crippen LogP contribution in [0.1, 0.15) is 83.3 Å². The quantitative estimate of drug-likeness (QED) is 0.156. The van der Waals surface area contributed by atoms with Gasteiger partial charge in [0.15, 0.2) is 0 Å². The second-order valence-electron chi connectivity index (χ2n) is 8.93. The molecule has 36 heavy (non-hydrogen) atoms. The van der Waals surface area contributed by atoms with Gasteiger partial charge in [-0.25, -0.2) is 4.79 Å². The molecule has 1 aliphatic carbocycles. The van der Waals surface area contributed by atoms with Crippen molar-refractivity contribution >= 4 is 18.1 Å². The number of unbranched alkanes of at least 4 members (excludes halogenated alkanes) is 2. The van der Waals surface area contributed by atoms with Crippen molar-refractivity contribution in [2.45, 2.75) is 77.7 Å². The van der Waals surface area contributed by atoms with Crippen molar-refractivity contribution in [2.75, 3.05) is 6.61 Å². The summed E-state index contributed by atoms with van der Waals surface area (Å²) in [7, 11) is 0. The molecule has 3 rings (SSSR count). The number of rotatable bonds is 10. The third-order valence-electron chi connectivity index (χ3n) is 5.91. The van der Waals surface area contributed by atoms with E-state index < -0.39 is 0 Å². The molecule has 0 heterocycles. The number of hydrogen-bond donors (Lipinski definition) is 1. The van der Waals surface area contributed by atoms with Crippen LogP contribution in [0.4, 0.5) is 0 Å². The monoisotopic (exact) mass is 492 g/mol. The van der Waals surface area contributed by atoms with Gasteiger partial charge in [0.1, 0.15) is 5.60 Å². The Labute approximate surface area is 218 Å². The van der Waals surface area contributed by atoms with Gasteiger partial charge in [0.25, 0.3) is 0 Å². The molecule has 0 amide bonds. The van der Waals surface area contributed by atoms with Crippen molar-refractivity contribution in [1.29, 1.82) is 0 Å². The summed E-state index contributed by atoms with van der Waals surface area (Å²) in [5.41, 5.74) is 2.53. The van der Waals surface area contributed by atoms with Crippen LogP contribution in [0.2, 0.25) is 0 Å². The molecule has 2 aromatic carbocycles. The molecule has 0 saturated heterocycles. The fraction of sp³-hybridized carbons (Fsp3) is 0.406. The van der Waals surface area contributed by atoms with E-state index in [9.17, 15) is 4.79 Å². The molecule has 196 valence electrons. The van der Waals surface area contributed by atoms with Crippen molar-refractivity contribution in [3.63, 3.8) is 0 Å². The van der Waals surface area contributed by atoms with Crippen LogP contribution in [0.15, 0.2) is 85.3 Å². The molecule has 1 aliphatic rings. The fourth-order valence-corrected chi connectivity index (χ4v) is 3.68. The summed E-state index contributed by atoms with van der Waals surface area (Å²) in [6.45, 7) is 10.4. The molecule has 2 aromatic rings. The Morgan fingerprint density at radius 2 is 1.50 bits per heavy atom. The number of carbonyl (C=O) groups excluding carboxylic acids is 1. The van der Waals surface area contributed by atoms with Crippen molar-refractivity contribution in [3.8, 4) is 0 Å². The van der Waals surface area contributed by atoms with E-state index >= 15 is 0 Å². The van der Waals surface area contributed by atoms with Crippen LogP contribution in [0.3, 0.4) is 0 Å². The molecule has 0 spiro atoms. The van der Waals surface area contributed by atoms with E-state index in [0.717, 1.165) is 44.1 Å². The van der Waals surface area contributed by atoms with Gasteiger partial charge in [0.2, 0.25) is 0 Å². The van der Waals surface area contributed by atoms with Crippen molar-refractivity contribution in [2.24, 2.45) is 0 Å². The maximum Gasteiger partial charge on any atom is 0.333 e. The lowest BCUT2D eigenvalue weighted by molar-refractivity contribution is -0.154. The molecule has 1 N–H and O–H groups in total. The Balaban J connectivity index is 0.000000276. The van der Waals surface area contributed by atoms with E-state index in [-0.39, 0.29) is 11.6 Å². The summed E-state index contributed by atoms with van der Waals surface area (Å²) in [6.07, 6.45) is 15.4. The molecule has 0 unspecified atom stereocenters. The Hall–Kier alpha value is -3.27. The maximum absolute atomic E-state index is 11.3. The lowest BCUT2D eigenvalue weighted by atomic mass is 9.99. The average Bonchev–Trinajstić information content (AvgIpc) is 3.37. The molecule has 1 saturated carbocycles. The summed E-state index contributed by atoms with van der Waals surface area (Å²) in [5, 5.41) is 8.34. The van der Waals surface area contributed by atoms with Crippen molar-refractivity contribution in [3.05, 3.63) is 96.5 Å². The van der Waals surface area contributed by atoms with Crippen LogP contribution in [0.25, 0.3) is 12.2 Å². The minimum atomic E-state index is -0.233. The zero-order chi connectivity index (χ0) is 26.5. The summed E-state index contributed by atoms with van der Waals surface area (Å²) in [6, 6.07) is 19.8. The molecule has 0 bridgehead atoms. The molecule has 0 radical (unpaired) electrons. The van der Waals surface area contributed by atoms with Crippen molar-refractivity contribution < 1.29 is 19.4 Å². The molecular formula is C32H44O4. The van der Waals surface area contributed by atoms with E-state index in [0.29, 0.717) is 5.57 Å². The highest BCUT2D eigenvalue weighted by Crippen LogP contribution is 2.36. The molecule has 4 heteroatoms. The summed E-state index contributed by atoms with van der Waals surface area (Å²) in [5.74, 6) is -0.233. The zero-order valence-corrected chi connectivity index (χ0v) is 22.3. The van der Waals surface area contributed by atoms with E-state index in [1.165, 1.54) is 31.2 Å². The third-order valence-corrected chi connectivity index (χ3v) is 5.91. The normalized spacial score (nSPS) is 13.9.